The monoisotopic (exact) mass is 389 g/mol. The van der Waals surface area contributed by atoms with E-state index >= 15 is 0 Å². The zero-order chi connectivity index (χ0) is 16.5. The molecule has 1 rings (SSSR count). The van der Waals surface area contributed by atoms with Crippen LogP contribution in [0.25, 0.3) is 0 Å². The summed E-state index contributed by atoms with van der Waals surface area (Å²) < 4.78 is 16.1. The molecule has 0 saturated heterocycles. The van der Waals surface area contributed by atoms with Gasteiger partial charge in [-0.2, -0.15) is 5.10 Å². The predicted molar refractivity (Wildman–Crippen MR) is 90.3 cm³/mol. The maximum Gasteiger partial charge on any atom is 0.344 e. The summed E-state index contributed by atoms with van der Waals surface area (Å²) in [5.74, 6) is 0.383. The smallest absolute Gasteiger partial charge is 0.344 e. The molecular weight excluding hydrogens is 374 g/mol. The molecule has 22 heavy (non-hydrogen) atoms. The normalized spacial score (nSPS) is 10.3. The van der Waals surface area contributed by atoms with Gasteiger partial charge < -0.3 is 19.9 Å². The standard InChI is InChI=1S/C13H16BrN3O4S/c1-3-20-11(18)7-21-12-9(14)4-8(5-10(12)19-2)6-16-17-13(15)22/h4-6H,3,7H2,1-2H3,(H3,15,17,22)/b16-6+. The number of rotatable bonds is 7. The summed E-state index contributed by atoms with van der Waals surface area (Å²) in [4.78, 5) is 11.3. The molecule has 0 fully saturated rings. The summed E-state index contributed by atoms with van der Waals surface area (Å²) in [5, 5.41) is 3.92. The molecule has 1 aromatic carbocycles. The van der Waals surface area contributed by atoms with Gasteiger partial charge >= 0.3 is 5.97 Å². The molecule has 9 heteroatoms. The van der Waals surface area contributed by atoms with Crippen LogP contribution in [0.2, 0.25) is 0 Å². The Morgan fingerprint density at radius 2 is 2.27 bits per heavy atom. The van der Waals surface area contributed by atoms with E-state index in [2.05, 4.69) is 38.7 Å². The number of hydrogen-bond acceptors (Lipinski definition) is 6. The van der Waals surface area contributed by atoms with Gasteiger partial charge in [0.2, 0.25) is 0 Å². The van der Waals surface area contributed by atoms with Gasteiger partial charge in [-0.3, -0.25) is 5.43 Å². The number of hydrazone groups is 1. The van der Waals surface area contributed by atoms with Gasteiger partial charge in [-0.15, -0.1) is 0 Å². The number of methoxy groups -OCH3 is 1. The molecule has 0 bridgehead atoms. The van der Waals surface area contributed by atoms with Crippen molar-refractivity contribution in [2.45, 2.75) is 6.92 Å². The van der Waals surface area contributed by atoms with E-state index in [1.54, 1.807) is 19.1 Å². The van der Waals surface area contributed by atoms with Crippen molar-refractivity contribution in [3.63, 3.8) is 0 Å². The van der Waals surface area contributed by atoms with Gasteiger partial charge in [-0.25, -0.2) is 4.79 Å². The lowest BCUT2D eigenvalue weighted by Crippen LogP contribution is -2.24. The predicted octanol–water partition coefficient (Wildman–Crippen LogP) is 1.57. The lowest BCUT2D eigenvalue weighted by molar-refractivity contribution is -0.145. The second kappa shape index (κ2) is 9.21. The van der Waals surface area contributed by atoms with Crippen molar-refractivity contribution in [1.29, 1.82) is 0 Å². The molecule has 0 unspecified atom stereocenters. The molecule has 0 spiro atoms. The summed E-state index contributed by atoms with van der Waals surface area (Å²) >= 11 is 8.00. The zero-order valence-corrected chi connectivity index (χ0v) is 14.5. The number of nitrogens with two attached hydrogens (primary N) is 1. The number of benzene rings is 1. The average Bonchev–Trinajstić information content (AvgIpc) is 2.45. The molecule has 0 radical (unpaired) electrons. The van der Waals surface area contributed by atoms with Crippen LogP contribution in [-0.2, 0) is 9.53 Å². The molecule has 0 aliphatic carbocycles. The number of nitrogens with zero attached hydrogens (tertiary/aromatic N) is 1. The van der Waals surface area contributed by atoms with Gasteiger partial charge in [0.05, 0.1) is 24.4 Å². The number of ether oxygens (including phenoxy) is 3. The van der Waals surface area contributed by atoms with E-state index < -0.39 is 5.97 Å². The third-order valence-electron chi connectivity index (χ3n) is 2.28. The van der Waals surface area contributed by atoms with Crippen LogP contribution in [0.1, 0.15) is 12.5 Å². The summed E-state index contributed by atoms with van der Waals surface area (Å²) in [6.07, 6.45) is 1.52. The van der Waals surface area contributed by atoms with E-state index in [0.717, 1.165) is 5.56 Å². The fourth-order valence-corrected chi connectivity index (χ4v) is 2.09. The van der Waals surface area contributed by atoms with Gasteiger partial charge in [0.25, 0.3) is 0 Å². The highest BCUT2D eigenvalue weighted by molar-refractivity contribution is 9.10. The Morgan fingerprint density at radius 1 is 1.55 bits per heavy atom. The van der Waals surface area contributed by atoms with Crippen LogP contribution in [0.5, 0.6) is 11.5 Å². The number of halogens is 1. The minimum atomic E-state index is -0.456. The number of carbonyl (C=O) groups excluding carboxylic acids is 1. The zero-order valence-electron chi connectivity index (χ0n) is 12.1. The minimum Gasteiger partial charge on any atom is -0.493 e. The Bertz CT molecular complexity index is 581. The van der Waals surface area contributed by atoms with Gasteiger partial charge in [-0.1, -0.05) is 0 Å². The van der Waals surface area contributed by atoms with Gasteiger partial charge in [-0.05, 0) is 52.8 Å². The molecule has 0 saturated carbocycles. The number of carbonyl (C=O) groups is 1. The fraction of sp³-hybridized carbons (Fsp3) is 0.308. The Kier molecular flexibility index (Phi) is 7.61. The molecule has 0 atom stereocenters. The summed E-state index contributed by atoms with van der Waals surface area (Å²) in [6.45, 7) is 1.81. The Hall–Kier alpha value is -1.87. The van der Waals surface area contributed by atoms with E-state index in [1.165, 1.54) is 13.3 Å². The third-order valence-corrected chi connectivity index (χ3v) is 2.96. The average molecular weight is 390 g/mol. The van der Waals surface area contributed by atoms with Crippen LogP contribution in [0.3, 0.4) is 0 Å². The fourth-order valence-electron chi connectivity index (χ4n) is 1.46. The van der Waals surface area contributed by atoms with Crippen molar-refractivity contribution in [3.8, 4) is 11.5 Å². The summed E-state index contributed by atoms with van der Waals surface area (Å²) in [7, 11) is 1.49. The molecule has 3 N–H and O–H groups in total. The molecule has 120 valence electrons. The lowest BCUT2D eigenvalue weighted by Gasteiger charge is -2.13. The summed E-state index contributed by atoms with van der Waals surface area (Å²) in [6, 6.07) is 3.43. The van der Waals surface area contributed by atoms with Crippen molar-refractivity contribution < 1.29 is 19.0 Å². The van der Waals surface area contributed by atoms with Gasteiger partial charge in [0, 0.05) is 0 Å². The van der Waals surface area contributed by atoms with E-state index in [0.29, 0.717) is 22.6 Å². The number of hydrogen-bond donors (Lipinski definition) is 2. The van der Waals surface area contributed by atoms with Gasteiger partial charge in [0.1, 0.15) is 0 Å². The number of nitrogens with one attached hydrogen (secondary N) is 1. The molecular formula is C13H16BrN3O4S. The molecule has 0 aliphatic rings. The highest BCUT2D eigenvalue weighted by atomic mass is 79.9. The maximum atomic E-state index is 11.3. The quantitative estimate of drug-likeness (QED) is 0.316. The molecule has 1 aromatic rings. The van der Waals surface area contributed by atoms with Crippen molar-refractivity contribution in [1.82, 2.24) is 5.43 Å². The van der Waals surface area contributed by atoms with Crippen LogP contribution in [-0.4, -0.2) is 37.6 Å². The molecule has 0 amide bonds. The second-order valence-electron chi connectivity index (χ2n) is 3.86. The largest absolute Gasteiger partial charge is 0.493 e. The van der Waals surface area contributed by atoms with Crippen molar-refractivity contribution in [2.75, 3.05) is 20.3 Å². The molecule has 0 aromatic heterocycles. The SMILES string of the molecule is CCOC(=O)COc1c(Br)cc(/C=N/NC(N)=S)cc1OC. The van der Waals surface area contributed by atoms with Crippen LogP contribution in [0.15, 0.2) is 21.7 Å². The highest BCUT2D eigenvalue weighted by Crippen LogP contribution is 2.36. The topological polar surface area (TPSA) is 95.2 Å². The molecule has 0 aliphatic heterocycles. The Balaban J connectivity index is 2.88. The second-order valence-corrected chi connectivity index (χ2v) is 5.16. The van der Waals surface area contributed by atoms with Crippen LogP contribution >= 0.6 is 28.1 Å². The lowest BCUT2D eigenvalue weighted by atomic mass is 10.2. The van der Waals surface area contributed by atoms with Gasteiger partial charge in [0.15, 0.2) is 23.2 Å². The maximum absolute atomic E-state index is 11.3. The first kappa shape index (κ1) is 18.2. The first-order valence-corrected chi connectivity index (χ1v) is 7.42. The number of thiocarbonyl (C=S) groups is 1. The van der Waals surface area contributed by atoms with Crippen molar-refractivity contribution in [3.05, 3.63) is 22.2 Å². The summed E-state index contributed by atoms with van der Waals surface area (Å²) in [5.41, 5.74) is 8.44. The van der Waals surface area contributed by atoms with E-state index in [4.69, 9.17) is 19.9 Å². The van der Waals surface area contributed by atoms with Crippen LogP contribution < -0.4 is 20.6 Å². The van der Waals surface area contributed by atoms with E-state index in [-0.39, 0.29) is 11.7 Å². The van der Waals surface area contributed by atoms with Crippen LogP contribution in [0.4, 0.5) is 0 Å². The van der Waals surface area contributed by atoms with Crippen molar-refractivity contribution in [2.24, 2.45) is 10.8 Å². The Morgan fingerprint density at radius 3 is 2.86 bits per heavy atom. The number of esters is 1. The van der Waals surface area contributed by atoms with E-state index in [9.17, 15) is 4.79 Å². The van der Waals surface area contributed by atoms with E-state index in [1.807, 2.05) is 0 Å². The minimum absolute atomic E-state index is 0.0664. The first-order valence-electron chi connectivity index (χ1n) is 6.22. The van der Waals surface area contributed by atoms with Crippen LogP contribution in [0, 0.1) is 0 Å². The third kappa shape index (κ3) is 5.86. The molecule has 0 heterocycles. The highest BCUT2D eigenvalue weighted by Gasteiger charge is 2.13. The first-order chi connectivity index (χ1) is 10.5. The van der Waals surface area contributed by atoms with Crippen molar-refractivity contribution >= 4 is 45.4 Å². The molecule has 7 nitrogen and oxygen atoms in total. The Labute approximate surface area is 141 Å².